The number of likely N-dealkylation sites (N-methyl/N-ethyl adjacent to an activating group) is 1. The Labute approximate surface area is 161 Å². The lowest BCUT2D eigenvalue weighted by Gasteiger charge is -2.23. The Hall–Kier alpha value is -2.74. The van der Waals surface area contributed by atoms with Crippen LogP contribution in [-0.4, -0.2) is 46.0 Å². The van der Waals surface area contributed by atoms with Crippen molar-refractivity contribution in [1.82, 2.24) is 20.4 Å². The zero-order valence-corrected chi connectivity index (χ0v) is 16.8. The molecule has 0 saturated heterocycles. The van der Waals surface area contributed by atoms with Gasteiger partial charge in [-0.1, -0.05) is 11.2 Å². The van der Waals surface area contributed by atoms with Crippen molar-refractivity contribution in [2.75, 3.05) is 13.6 Å². The van der Waals surface area contributed by atoms with Gasteiger partial charge >= 0.3 is 0 Å². The molecule has 0 aromatic carbocycles. The molecule has 3 aromatic heterocycles. The van der Waals surface area contributed by atoms with Crippen molar-refractivity contribution in [2.24, 2.45) is 0 Å². The summed E-state index contributed by atoms with van der Waals surface area (Å²) in [6.07, 6.45) is 0. The number of carbonyl (C=O) groups is 2. The second kappa shape index (κ2) is 7.11. The number of thiophene rings is 1. The average molecular weight is 386 g/mol. The summed E-state index contributed by atoms with van der Waals surface area (Å²) >= 11 is 1.52. The maximum Gasteiger partial charge on any atom is 0.259 e. The number of nitrogens with zero attached hydrogens (tertiary/aromatic N) is 3. The fourth-order valence-corrected chi connectivity index (χ4v) is 3.45. The van der Waals surface area contributed by atoms with Crippen LogP contribution < -0.4 is 5.32 Å². The Balaban J connectivity index is 1.95. The van der Waals surface area contributed by atoms with Gasteiger partial charge in [-0.2, -0.15) is 0 Å². The van der Waals surface area contributed by atoms with Gasteiger partial charge in [0.05, 0.1) is 33.8 Å². The van der Waals surface area contributed by atoms with Crippen molar-refractivity contribution >= 4 is 34.3 Å². The van der Waals surface area contributed by atoms with Gasteiger partial charge in [0, 0.05) is 12.6 Å². The number of hydrogen-bond donors (Lipinski definition) is 1. The van der Waals surface area contributed by atoms with Crippen molar-refractivity contribution in [3.8, 4) is 10.6 Å². The van der Waals surface area contributed by atoms with E-state index in [1.807, 2.05) is 38.3 Å². The molecular weight excluding hydrogens is 364 g/mol. The van der Waals surface area contributed by atoms with Crippen molar-refractivity contribution in [3.05, 3.63) is 34.8 Å². The highest BCUT2D eigenvalue weighted by Crippen LogP contribution is 2.29. The van der Waals surface area contributed by atoms with E-state index >= 15 is 0 Å². The average Bonchev–Trinajstić information content (AvgIpc) is 3.21. The van der Waals surface area contributed by atoms with Gasteiger partial charge in [0.25, 0.3) is 11.6 Å². The molecule has 0 aliphatic heterocycles. The fourth-order valence-electron chi connectivity index (χ4n) is 2.76. The Morgan fingerprint density at radius 3 is 2.70 bits per heavy atom. The van der Waals surface area contributed by atoms with Crippen LogP contribution in [0.5, 0.6) is 0 Å². The minimum Gasteiger partial charge on any atom is -0.350 e. The van der Waals surface area contributed by atoms with Gasteiger partial charge in [-0.15, -0.1) is 11.3 Å². The topological polar surface area (TPSA) is 88.3 Å². The van der Waals surface area contributed by atoms with Gasteiger partial charge in [0.2, 0.25) is 5.91 Å². The van der Waals surface area contributed by atoms with Crippen LogP contribution in [0, 0.1) is 6.92 Å². The summed E-state index contributed by atoms with van der Waals surface area (Å²) < 4.78 is 5.30. The Morgan fingerprint density at radius 2 is 2.07 bits per heavy atom. The van der Waals surface area contributed by atoms with Gasteiger partial charge < -0.3 is 14.7 Å². The molecule has 0 aliphatic carbocycles. The summed E-state index contributed by atoms with van der Waals surface area (Å²) in [4.78, 5) is 32.1. The van der Waals surface area contributed by atoms with E-state index in [1.54, 1.807) is 20.0 Å². The second-order valence-electron chi connectivity index (χ2n) is 7.44. The lowest BCUT2D eigenvalue weighted by atomic mass is 10.1. The van der Waals surface area contributed by atoms with E-state index in [0.717, 1.165) is 4.88 Å². The van der Waals surface area contributed by atoms with Crippen LogP contribution in [0.15, 0.2) is 28.1 Å². The molecule has 3 heterocycles. The van der Waals surface area contributed by atoms with Crippen LogP contribution in [0.2, 0.25) is 0 Å². The van der Waals surface area contributed by atoms with Crippen molar-refractivity contribution < 1.29 is 14.1 Å². The first-order valence-corrected chi connectivity index (χ1v) is 9.41. The molecule has 0 atom stereocenters. The number of carbonyl (C=O) groups excluding carboxylic acids is 2. The maximum atomic E-state index is 13.1. The summed E-state index contributed by atoms with van der Waals surface area (Å²) in [5, 5.41) is 9.32. The van der Waals surface area contributed by atoms with Crippen molar-refractivity contribution in [3.63, 3.8) is 0 Å². The monoisotopic (exact) mass is 386 g/mol. The highest BCUT2D eigenvalue weighted by atomic mass is 32.1. The standard InChI is InChI=1S/C19H22N4O3S/c1-11-16-12(18(25)23(5)10-15(24)21-19(2,3)4)9-13(14-7-6-8-27-14)20-17(16)26-22-11/h6-9H,10H2,1-5H3,(H,21,24). The summed E-state index contributed by atoms with van der Waals surface area (Å²) in [6, 6.07) is 5.58. The first-order chi connectivity index (χ1) is 12.7. The van der Waals surface area contributed by atoms with E-state index in [0.29, 0.717) is 28.1 Å². The molecule has 27 heavy (non-hydrogen) atoms. The smallest absolute Gasteiger partial charge is 0.259 e. The third-order valence-corrected chi connectivity index (χ3v) is 4.76. The molecule has 0 unspecified atom stereocenters. The molecule has 0 aliphatic rings. The molecule has 7 nitrogen and oxygen atoms in total. The van der Waals surface area contributed by atoms with Gasteiger partial charge in [0.1, 0.15) is 0 Å². The molecular formula is C19H22N4O3S. The number of pyridine rings is 1. The molecule has 0 saturated carbocycles. The SMILES string of the molecule is Cc1noc2nc(-c3cccs3)cc(C(=O)N(C)CC(=O)NC(C)(C)C)c12. The number of aryl methyl sites for hydroxylation is 1. The normalized spacial score (nSPS) is 11.6. The van der Waals surface area contributed by atoms with E-state index in [2.05, 4.69) is 15.5 Å². The number of fused-ring (bicyclic) bond motifs is 1. The third-order valence-electron chi connectivity index (χ3n) is 3.86. The Morgan fingerprint density at radius 1 is 1.33 bits per heavy atom. The highest BCUT2D eigenvalue weighted by Gasteiger charge is 2.24. The summed E-state index contributed by atoms with van der Waals surface area (Å²) in [7, 11) is 1.60. The molecule has 8 heteroatoms. The first-order valence-electron chi connectivity index (χ1n) is 8.53. The summed E-state index contributed by atoms with van der Waals surface area (Å²) in [5.74, 6) is -0.500. The number of rotatable bonds is 4. The predicted octanol–water partition coefficient (Wildman–Crippen LogP) is 3.25. The van der Waals surface area contributed by atoms with E-state index in [1.165, 1.54) is 16.2 Å². The molecule has 0 bridgehead atoms. The largest absolute Gasteiger partial charge is 0.350 e. The fraction of sp³-hybridized carbons (Fsp3) is 0.368. The second-order valence-corrected chi connectivity index (χ2v) is 8.39. The maximum absolute atomic E-state index is 13.1. The Kier molecular flexibility index (Phi) is 5.01. The van der Waals surface area contributed by atoms with Gasteiger partial charge in [-0.25, -0.2) is 4.98 Å². The van der Waals surface area contributed by atoms with Gasteiger partial charge in [0.15, 0.2) is 0 Å². The molecule has 0 radical (unpaired) electrons. The van der Waals surface area contributed by atoms with E-state index in [-0.39, 0.29) is 23.9 Å². The zero-order valence-electron chi connectivity index (χ0n) is 16.0. The molecule has 0 fully saturated rings. The zero-order chi connectivity index (χ0) is 19.8. The minimum atomic E-state index is -0.359. The van der Waals surface area contributed by atoms with Crippen LogP contribution in [0.4, 0.5) is 0 Å². The van der Waals surface area contributed by atoms with Gasteiger partial charge in [-0.05, 0) is 45.2 Å². The predicted molar refractivity (Wildman–Crippen MR) is 105 cm³/mol. The number of aromatic nitrogens is 2. The summed E-state index contributed by atoms with van der Waals surface area (Å²) in [5.41, 5.74) is 1.61. The molecule has 3 rings (SSSR count). The third kappa shape index (κ3) is 4.16. The lowest BCUT2D eigenvalue weighted by Crippen LogP contribution is -2.46. The van der Waals surface area contributed by atoms with Crippen molar-refractivity contribution in [2.45, 2.75) is 33.2 Å². The first kappa shape index (κ1) is 19.0. The highest BCUT2D eigenvalue weighted by molar-refractivity contribution is 7.13. The molecule has 1 N–H and O–H groups in total. The Bertz CT molecular complexity index is 986. The minimum absolute atomic E-state index is 0.0431. The summed E-state index contributed by atoms with van der Waals surface area (Å²) in [6.45, 7) is 7.41. The van der Waals surface area contributed by atoms with Crippen LogP contribution >= 0.6 is 11.3 Å². The number of amides is 2. The molecule has 0 spiro atoms. The van der Waals surface area contributed by atoms with E-state index < -0.39 is 0 Å². The number of hydrogen-bond acceptors (Lipinski definition) is 6. The lowest BCUT2D eigenvalue weighted by molar-refractivity contribution is -0.122. The van der Waals surface area contributed by atoms with E-state index in [4.69, 9.17) is 4.52 Å². The van der Waals surface area contributed by atoms with Crippen LogP contribution in [0.25, 0.3) is 21.7 Å². The molecule has 3 aromatic rings. The van der Waals surface area contributed by atoms with Crippen LogP contribution in [0.1, 0.15) is 36.8 Å². The molecule has 142 valence electrons. The van der Waals surface area contributed by atoms with E-state index in [9.17, 15) is 9.59 Å². The van der Waals surface area contributed by atoms with Crippen molar-refractivity contribution in [1.29, 1.82) is 0 Å². The molecule has 2 amide bonds. The van der Waals surface area contributed by atoms with Gasteiger partial charge in [-0.3, -0.25) is 9.59 Å². The quantitative estimate of drug-likeness (QED) is 0.744. The van der Waals surface area contributed by atoms with Crippen LogP contribution in [-0.2, 0) is 4.79 Å². The van der Waals surface area contributed by atoms with Crippen LogP contribution in [0.3, 0.4) is 0 Å². The number of nitrogens with one attached hydrogen (secondary N) is 1.